The van der Waals surface area contributed by atoms with Crippen LogP contribution in [0.2, 0.25) is 10.2 Å². The number of hydrogen-bond acceptors (Lipinski definition) is 3. The highest BCUT2D eigenvalue weighted by atomic mass is 35.5. The van der Waals surface area contributed by atoms with Crippen LogP contribution in [0.25, 0.3) is 0 Å². The number of hydrogen-bond donors (Lipinski definition) is 1. The van der Waals surface area contributed by atoms with Crippen LogP contribution in [-0.4, -0.2) is 46.3 Å². The summed E-state index contributed by atoms with van der Waals surface area (Å²) in [5.41, 5.74) is 0.838. The lowest BCUT2D eigenvalue weighted by atomic mass is 9.84. The van der Waals surface area contributed by atoms with E-state index in [4.69, 9.17) is 23.2 Å². The SMILES string of the molecule is CC(C)(C)C1C[C@@H]2CN(c3cnc(Cl)c(Cl)c3)C[C@@H]2N1C(=O)O. The minimum Gasteiger partial charge on any atom is -0.465 e. The molecule has 0 radical (unpaired) electrons. The van der Waals surface area contributed by atoms with Crippen molar-refractivity contribution in [3.05, 3.63) is 22.4 Å². The third kappa shape index (κ3) is 2.96. The first-order valence-corrected chi connectivity index (χ1v) is 8.51. The average molecular weight is 358 g/mol. The molecule has 0 saturated carbocycles. The largest absolute Gasteiger partial charge is 0.465 e. The number of halogens is 2. The van der Waals surface area contributed by atoms with E-state index in [0.29, 0.717) is 17.5 Å². The molecular formula is C16H21Cl2N3O2. The van der Waals surface area contributed by atoms with E-state index in [1.54, 1.807) is 17.2 Å². The summed E-state index contributed by atoms with van der Waals surface area (Å²) in [4.78, 5) is 19.7. The maximum absolute atomic E-state index is 11.8. The molecule has 5 nitrogen and oxygen atoms in total. The zero-order chi connectivity index (χ0) is 16.9. The highest BCUT2D eigenvalue weighted by molar-refractivity contribution is 6.41. The Bertz CT molecular complexity index is 632. The van der Waals surface area contributed by atoms with Crippen molar-refractivity contribution in [3.8, 4) is 0 Å². The molecule has 3 atom stereocenters. The molecule has 126 valence electrons. The Morgan fingerprint density at radius 2 is 2.04 bits per heavy atom. The second kappa shape index (κ2) is 5.71. The van der Waals surface area contributed by atoms with Crippen LogP contribution in [0.3, 0.4) is 0 Å². The number of anilines is 1. The summed E-state index contributed by atoms with van der Waals surface area (Å²) in [7, 11) is 0. The van der Waals surface area contributed by atoms with Crippen LogP contribution in [0.5, 0.6) is 0 Å². The lowest BCUT2D eigenvalue weighted by Crippen LogP contribution is -2.48. The van der Waals surface area contributed by atoms with Crippen molar-refractivity contribution < 1.29 is 9.90 Å². The van der Waals surface area contributed by atoms with Crippen LogP contribution < -0.4 is 4.90 Å². The third-order valence-electron chi connectivity index (χ3n) is 4.99. The molecule has 1 unspecified atom stereocenters. The Kier molecular flexibility index (Phi) is 4.13. The number of carbonyl (C=O) groups is 1. The molecule has 2 saturated heterocycles. The predicted octanol–water partition coefficient (Wildman–Crippen LogP) is 3.99. The van der Waals surface area contributed by atoms with Gasteiger partial charge < -0.3 is 10.0 Å². The summed E-state index contributed by atoms with van der Waals surface area (Å²) in [6.45, 7) is 7.81. The molecule has 2 aliphatic heterocycles. The first kappa shape index (κ1) is 16.7. The summed E-state index contributed by atoms with van der Waals surface area (Å²) < 4.78 is 0. The molecule has 23 heavy (non-hydrogen) atoms. The minimum atomic E-state index is -0.827. The van der Waals surface area contributed by atoms with Crippen molar-refractivity contribution in [2.75, 3.05) is 18.0 Å². The van der Waals surface area contributed by atoms with Gasteiger partial charge in [0.15, 0.2) is 0 Å². The van der Waals surface area contributed by atoms with E-state index in [0.717, 1.165) is 18.7 Å². The third-order valence-corrected chi connectivity index (χ3v) is 5.68. The maximum atomic E-state index is 11.8. The molecule has 0 aliphatic carbocycles. The molecule has 0 spiro atoms. The summed E-state index contributed by atoms with van der Waals surface area (Å²) in [5.74, 6) is 0.338. The van der Waals surface area contributed by atoms with Gasteiger partial charge in [-0.25, -0.2) is 9.78 Å². The van der Waals surface area contributed by atoms with Crippen molar-refractivity contribution in [1.29, 1.82) is 0 Å². The van der Waals surface area contributed by atoms with Crippen LogP contribution in [0, 0.1) is 11.3 Å². The van der Waals surface area contributed by atoms with Crippen LogP contribution in [-0.2, 0) is 0 Å². The number of nitrogens with zero attached hydrogens (tertiary/aromatic N) is 3. The first-order valence-electron chi connectivity index (χ1n) is 7.75. The fraction of sp³-hybridized carbons (Fsp3) is 0.625. The highest BCUT2D eigenvalue weighted by Crippen LogP contribution is 2.43. The first-order chi connectivity index (χ1) is 10.7. The molecule has 0 aromatic carbocycles. The van der Waals surface area contributed by atoms with Crippen LogP contribution in [0.1, 0.15) is 27.2 Å². The molecular weight excluding hydrogens is 337 g/mol. The van der Waals surface area contributed by atoms with Gasteiger partial charge in [-0.2, -0.15) is 0 Å². The van der Waals surface area contributed by atoms with Crippen LogP contribution in [0.15, 0.2) is 12.3 Å². The number of likely N-dealkylation sites (tertiary alicyclic amines) is 1. The van der Waals surface area contributed by atoms with E-state index in [-0.39, 0.29) is 22.7 Å². The number of aromatic nitrogens is 1. The van der Waals surface area contributed by atoms with E-state index in [1.807, 2.05) is 0 Å². The Morgan fingerprint density at radius 3 is 2.61 bits per heavy atom. The van der Waals surface area contributed by atoms with Gasteiger partial charge in [-0.1, -0.05) is 44.0 Å². The lowest BCUT2D eigenvalue weighted by molar-refractivity contribution is 0.0889. The molecule has 1 aromatic heterocycles. The van der Waals surface area contributed by atoms with Gasteiger partial charge in [-0.05, 0) is 17.9 Å². The van der Waals surface area contributed by atoms with Gasteiger partial charge in [0.25, 0.3) is 0 Å². The van der Waals surface area contributed by atoms with Crippen molar-refractivity contribution in [3.63, 3.8) is 0 Å². The Morgan fingerprint density at radius 1 is 1.35 bits per heavy atom. The quantitative estimate of drug-likeness (QED) is 0.772. The van der Waals surface area contributed by atoms with Crippen LogP contribution >= 0.6 is 23.2 Å². The van der Waals surface area contributed by atoms with Crippen molar-refractivity contribution >= 4 is 35.0 Å². The zero-order valence-electron chi connectivity index (χ0n) is 13.5. The topological polar surface area (TPSA) is 56.7 Å². The fourth-order valence-electron chi connectivity index (χ4n) is 3.87. The number of carboxylic acid groups (broad SMARTS) is 1. The van der Waals surface area contributed by atoms with Gasteiger partial charge in [0.1, 0.15) is 5.15 Å². The van der Waals surface area contributed by atoms with E-state index in [2.05, 4.69) is 30.7 Å². The van der Waals surface area contributed by atoms with Crippen molar-refractivity contribution in [2.24, 2.45) is 11.3 Å². The second-order valence-electron chi connectivity index (χ2n) is 7.51. The molecule has 7 heteroatoms. The summed E-state index contributed by atoms with van der Waals surface area (Å²) in [6.07, 6.45) is 1.76. The van der Waals surface area contributed by atoms with Crippen molar-refractivity contribution in [2.45, 2.75) is 39.3 Å². The van der Waals surface area contributed by atoms with E-state index in [9.17, 15) is 9.90 Å². The Labute approximate surface area is 146 Å². The van der Waals surface area contributed by atoms with Gasteiger partial charge in [0.2, 0.25) is 0 Å². The minimum absolute atomic E-state index is 0.0196. The average Bonchev–Trinajstić information content (AvgIpc) is 2.97. The Hall–Kier alpha value is -1.20. The highest BCUT2D eigenvalue weighted by Gasteiger charge is 2.51. The molecule has 1 N–H and O–H groups in total. The molecule has 3 heterocycles. The molecule has 2 fully saturated rings. The summed E-state index contributed by atoms with van der Waals surface area (Å²) in [6, 6.07) is 1.87. The van der Waals surface area contributed by atoms with Gasteiger partial charge in [-0.15, -0.1) is 0 Å². The van der Waals surface area contributed by atoms with Crippen LogP contribution in [0.4, 0.5) is 10.5 Å². The second-order valence-corrected chi connectivity index (χ2v) is 8.27. The fourth-order valence-corrected chi connectivity index (χ4v) is 4.14. The monoisotopic (exact) mass is 357 g/mol. The molecule has 3 rings (SSSR count). The van der Waals surface area contributed by atoms with Crippen molar-refractivity contribution in [1.82, 2.24) is 9.88 Å². The van der Waals surface area contributed by atoms with Gasteiger partial charge in [-0.3, -0.25) is 4.90 Å². The zero-order valence-corrected chi connectivity index (χ0v) is 15.0. The molecule has 1 aromatic rings. The molecule has 1 amide bonds. The molecule has 2 aliphatic rings. The number of fused-ring (bicyclic) bond motifs is 1. The van der Waals surface area contributed by atoms with E-state index >= 15 is 0 Å². The van der Waals surface area contributed by atoms with Gasteiger partial charge >= 0.3 is 6.09 Å². The normalized spacial score (nSPS) is 27.4. The maximum Gasteiger partial charge on any atom is 0.407 e. The number of amides is 1. The van der Waals surface area contributed by atoms with E-state index in [1.165, 1.54) is 0 Å². The lowest BCUT2D eigenvalue weighted by Gasteiger charge is -2.36. The summed E-state index contributed by atoms with van der Waals surface area (Å²) in [5, 5.41) is 10.4. The Balaban J connectivity index is 1.82. The van der Waals surface area contributed by atoms with Gasteiger partial charge in [0.05, 0.1) is 22.9 Å². The smallest absolute Gasteiger partial charge is 0.407 e. The predicted molar refractivity (Wildman–Crippen MR) is 91.5 cm³/mol. The number of rotatable bonds is 1. The van der Waals surface area contributed by atoms with Gasteiger partial charge in [0, 0.05) is 25.0 Å². The molecule has 0 bridgehead atoms. The van der Waals surface area contributed by atoms with E-state index < -0.39 is 6.09 Å². The standard InChI is InChI=1S/C16H21Cl2N3O2/c1-16(2,3)13-4-9-7-20(8-12(9)21(13)15(22)23)10-5-11(17)14(18)19-6-10/h5-6,9,12-13H,4,7-8H2,1-3H3,(H,22,23)/t9-,12+,13?/m1/s1. The number of pyridine rings is 1. The summed E-state index contributed by atoms with van der Waals surface area (Å²) >= 11 is 11.9.